The summed E-state index contributed by atoms with van der Waals surface area (Å²) in [5, 5.41) is 2.97. The average molecular weight is 428 g/mol. The van der Waals surface area contributed by atoms with E-state index in [1.54, 1.807) is 16.1 Å². The van der Waals surface area contributed by atoms with E-state index < -0.39 is 0 Å². The molecule has 1 aromatic heterocycles. The minimum atomic E-state index is -0.285. The zero-order valence-electron chi connectivity index (χ0n) is 18.9. The van der Waals surface area contributed by atoms with E-state index in [0.29, 0.717) is 18.8 Å². The van der Waals surface area contributed by atoms with Crippen molar-refractivity contribution in [3.05, 3.63) is 53.5 Å². The molecule has 1 aliphatic rings. The fourth-order valence-electron chi connectivity index (χ4n) is 3.69. The van der Waals surface area contributed by atoms with Crippen LogP contribution in [0.2, 0.25) is 0 Å². The van der Waals surface area contributed by atoms with Crippen molar-refractivity contribution in [1.82, 2.24) is 9.80 Å². The minimum absolute atomic E-state index is 0.0121. The quantitative estimate of drug-likeness (QED) is 0.680. The molecule has 7 heteroatoms. The zero-order valence-corrected chi connectivity index (χ0v) is 18.9. The van der Waals surface area contributed by atoms with Gasteiger partial charge in [0.25, 0.3) is 0 Å². The Morgan fingerprint density at radius 3 is 2.65 bits per heavy atom. The highest BCUT2D eigenvalue weighted by Crippen LogP contribution is 2.20. The third-order valence-corrected chi connectivity index (χ3v) is 5.76. The van der Waals surface area contributed by atoms with E-state index in [9.17, 15) is 9.59 Å². The Morgan fingerprint density at radius 2 is 2.00 bits per heavy atom. The number of hydrogen-bond acceptors (Lipinski definition) is 4. The number of ether oxygens (including phenoxy) is 1. The highest BCUT2D eigenvalue weighted by atomic mass is 16.5. The molecule has 3 amide bonds. The van der Waals surface area contributed by atoms with Crippen LogP contribution in [0.4, 0.5) is 10.5 Å². The number of furan rings is 1. The van der Waals surface area contributed by atoms with Crippen molar-refractivity contribution in [2.75, 3.05) is 25.0 Å². The van der Waals surface area contributed by atoms with E-state index in [1.807, 2.05) is 58.0 Å². The molecule has 1 atom stereocenters. The maximum absolute atomic E-state index is 13.3. The molecular formula is C24H33N3O4. The van der Waals surface area contributed by atoms with Crippen LogP contribution in [0.1, 0.15) is 43.6 Å². The van der Waals surface area contributed by atoms with Gasteiger partial charge in [0.15, 0.2) is 0 Å². The van der Waals surface area contributed by atoms with Crippen molar-refractivity contribution < 1.29 is 18.7 Å². The lowest BCUT2D eigenvalue weighted by molar-refractivity contribution is -0.134. The Morgan fingerprint density at radius 1 is 1.19 bits per heavy atom. The van der Waals surface area contributed by atoms with Gasteiger partial charge >= 0.3 is 6.03 Å². The van der Waals surface area contributed by atoms with Gasteiger partial charge in [-0.25, -0.2) is 4.79 Å². The first-order chi connectivity index (χ1) is 14.8. The van der Waals surface area contributed by atoms with Gasteiger partial charge in [0.1, 0.15) is 12.3 Å². The number of urea groups is 1. The van der Waals surface area contributed by atoms with Crippen LogP contribution in [0.3, 0.4) is 0 Å². The Hall–Kier alpha value is -2.80. The largest absolute Gasteiger partial charge is 0.467 e. The average Bonchev–Trinajstić information content (AvgIpc) is 3.43. The van der Waals surface area contributed by atoms with E-state index in [0.717, 1.165) is 36.3 Å². The molecule has 0 aliphatic carbocycles. The summed E-state index contributed by atoms with van der Waals surface area (Å²) in [6, 6.07) is 9.03. The third kappa shape index (κ3) is 6.10. The molecular weight excluding hydrogens is 394 g/mol. The first-order valence-electron chi connectivity index (χ1n) is 10.9. The predicted molar refractivity (Wildman–Crippen MR) is 120 cm³/mol. The van der Waals surface area contributed by atoms with Gasteiger partial charge in [-0.2, -0.15) is 0 Å². The molecule has 1 aliphatic heterocycles. The molecule has 1 aromatic carbocycles. The fraction of sp³-hybridized carbons (Fsp3) is 0.500. The monoisotopic (exact) mass is 427 g/mol. The van der Waals surface area contributed by atoms with Crippen LogP contribution in [0.25, 0.3) is 0 Å². The number of anilines is 1. The van der Waals surface area contributed by atoms with Crippen LogP contribution in [-0.4, -0.2) is 53.6 Å². The summed E-state index contributed by atoms with van der Waals surface area (Å²) in [7, 11) is 0. The number of nitrogens with one attached hydrogen (secondary N) is 1. The van der Waals surface area contributed by atoms with Gasteiger partial charge in [-0.3, -0.25) is 4.79 Å². The van der Waals surface area contributed by atoms with Gasteiger partial charge in [0.2, 0.25) is 5.91 Å². The normalized spacial score (nSPS) is 15.8. The second-order valence-electron chi connectivity index (χ2n) is 8.39. The van der Waals surface area contributed by atoms with Crippen molar-refractivity contribution in [2.45, 2.75) is 59.2 Å². The van der Waals surface area contributed by atoms with Crippen LogP contribution >= 0.6 is 0 Å². The summed E-state index contributed by atoms with van der Waals surface area (Å²) >= 11 is 0. The van der Waals surface area contributed by atoms with Crippen molar-refractivity contribution in [3.8, 4) is 0 Å². The first kappa shape index (κ1) is 22.9. The fourth-order valence-corrected chi connectivity index (χ4v) is 3.69. The predicted octanol–water partition coefficient (Wildman–Crippen LogP) is 4.35. The van der Waals surface area contributed by atoms with Crippen LogP contribution in [0.15, 0.2) is 41.0 Å². The Labute approximate surface area is 184 Å². The Kier molecular flexibility index (Phi) is 7.74. The van der Waals surface area contributed by atoms with E-state index in [-0.39, 0.29) is 30.6 Å². The first-order valence-corrected chi connectivity index (χ1v) is 10.9. The Balaban J connectivity index is 1.71. The van der Waals surface area contributed by atoms with Crippen molar-refractivity contribution in [2.24, 2.45) is 0 Å². The van der Waals surface area contributed by atoms with Gasteiger partial charge in [-0.15, -0.1) is 0 Å². The summed E-state index contributed by atoms with van der Waals surface area (Å²) < 4.78 is 11.2. The smallest absolute Gasteiger partial charge is 0.322 e. The lowest BCUT2D eigenvalue weighted by Gasteiger charge is -2.31. The molecule has 0 radical (unpaired) electrons. The second-order valence-corrected chi connectivity index (χ2v) is 8.39. The van der Waals surface area contributed by atoms with Gasteiger partial charge in [0, 0.05) is 24.9 Å². The van der Waals surface area contributed by atoms with Crippen LogP contribution in [0.5, 0.6) is 0 Å². The molecule has 1 saturated heterocycles. The standard InChI is InChI=1S/C24H33N3O4/c1-17(2)27(24(29)25-22-11-5-8-18(3)19(22)4)16-23(28)26(14-20-9-6-12-30-20)15-21-10-7-13-31-21/h5-6,8-9,11-12,17,21H,7,10,13-16H2,1-4H3,(H,25,29). The maximum atomic E-state index is 13.3. The Bertz CT molecular complexity index is 873. The maximum Gasteiger partial charge on any atom is 0.322 e. The summed E-state index contributed by atoms with van der Waals surface area (Å²) in [4.78, 5) is 29.6. The third-order valence-electron chi connectivity index (χ3n) is 5.76. The highest BCUT2D eigenvalue weighted by molar-refractivity contribution is 5.93. The molecule has 2 aromatic rings. The lowest BCUT2D eigenvalue weighted by Crippen LogP contribution is -2.48. The number of carbonyl (C=O) groups excluding carboxylic acids is 2. The molecule has 3 rings (SSSR count). The lowest BCUT2D eigenvalue weighted by atomic mass is 10.1. The van der Waals surface area contributed by atoms with Gasteiger partial charge in [-0.05, 0) is 69.9 Å². The van der Waals surface area contributed by atoms with Gasteiger partial charge in [-0.1, -0.05) is 12.1 Å². The van der Waals surface area contributed by atoms with E-state index in [1.165, 1.54) is 0 Å². The molecule has 2 heterocycles. The highest BCUT2D eigenvalue weighted by Gasteiger charge is 2.27. The molecule has 1 N–H and O–H groups in total. The molecule has 0 bridgehead atoms. The summed E-state index contributed by atoms with van der Waals surface area (Å²) in [5.74, 6) is 0.582. The van der Waals surface area contributed by atoms with Crippen molar-refractivity contribution in [1.29, 1.82) is 0 Å². The topological polar surface area (TPSA) is 75.0 Å². The van der Waals surface area contributed by atoms with E-state index in [4.69, 9.17) is 9.15 Å². The number of nitrogens with zero attached hydrogens (tertiary/aromatic N) is 2. The van der Waals surface area contributed by atoms with Gasteiger partial charge < -0.3 is 24.3 Å². The number of carbonyl (C=O) groups is 2. The number of amides is 3. The van der Waals surface area contributed by atoms with Crippen molar-refractivity contribution >= 4 is 17.6 Å². The summed E-state index contributed by atoms with van der Waals surface area (Å²) in [6.07, 6.45) is 3.56. The van der Waals surface area contributed by atoms with Crippen LogP contribution in [0, 0.1) is 13.8 Å². The molecule has 31 heavy (non-hydrogen) atoms. The molecule has 7 nitrogen and oxygen atoms in total. The number of benzene rings is 1. The van der Waals surface area contributed by atoms with E-state index >= 15 is 0 Å². The number of rotatable bonds is 8. The summed E-state index contributed by atoms with van der Waals surface area (Å²) in [5.41, 5.74) is 2.88. The second kappa shape index (κ2) is 10.5. The number of hydrogen-bond donors (Lipinski definition) is 1. The van der Waals surface area contributed by atoms with Crippen LogP contribution < -0.4 is 5.32 Å². The zero-order chi connectivity index (χ0) is 22.4. The summed E-state index contributed by atoms with van der Waals surface area (Å²) in [6.45, 7) is 9.36. The molecule has 1 unspecified atom stereocenters. The van der Waals surface area contributed by atoms with Crippen molar-refractivity contribution in [3.63, 3.8) is 0 Å². The van der Waals surface area contributed by atoms with Crippen LogP contribution in [-0.2, 0) is 16.1 Å². The molecule has 0 spiro atoms. The number of aryl methyl sites for hydroxylation is 1. The molecule has 0 saturated carbocycles. The van der Waals surface area contributed by atoms with E-state index in [2.05, 4.69) is 5.32 Å². The SMILES string of the molecule is Cc1cccc(NC(=O)N(CC(=O)N(Cc2ccco2)CC2CCCO2)C(C)C)c1C. The van der Waals surface area contributed by atoms with Gasteiger partial charge in [0.05, 0.1) is 18.9 Å². The molecule has 1 fully saturated rings. The minimum Gasteiger partial charge on any atom is -0.467 e. The molecule has 168 valence electrons.